The first-order valence-corrected chi connectivity index (χ1v) is 15.4. The highest BCUT2D eigenvalue weighted by molar-refractivity contribution is 6.24. The van der Waals surface area contributed by atoms with Gasteiger partial charge in [-0.3, -0.25) is 24.2 Å². The minimum absolute atomic E-state index is 0.0151. The highest BCUT2D eigenvalue weighted by Crippen LogP contribution is 2.52. The van der Waals surface area contributed by atoms with Gasteiger partial charge in [0.05, 0.1) is 11.6 Å². The molecule has 0 unspecified atom stereocenters. The molecule has 6 rings (SSSR count). The summed E-state index contributed by atoms with van der Waals surface area (Å²) in [6, 6.07) is 10.4. The number of phenolic OH excluding ortho intramolecular Hbond substituents is 1. The normalized spacial score (nSPS) is 27.4. The number of piperidine rings is 1. The second-order valence-corrected chi connectivity index (χ2v) is 12.8. The van der Waals surface area contributed by atoms with Crippen LogP contribution in [0.3, 0.4) is 0 Å². The minimum atomic E-state index is -2.73. The number of carbonyl (C=O) groups is 3. The Morgan fingerprint density at radius 2 is 1.78 bits per heavy atom. The molecule has 11 heteroatoms. The number of halogens is 1. The van der Waals surface area contributed by atoms with Gasteiger partial charge < -0.3 is 26.2 Å². The number of ketones is 2. The molecule has 1 saturated heterocycles. The van der Waals surface area contributed by atoms with Gasteiger partial charge in [-0.1, -0.05) is 37.3 Å². The Morgan fingerprint density at radius 3 is 2.40 bits per heavy atom. The maximum Gasteiger partial charge on any atom is 0.255 e. The number of benzene rings is 2. The molecular weight excluding hydrogens is 581 g/mol. The first-order chi connectivity index (χ1) is 21.4. The topological polar surface area (TPSA) is 165 Å². The number of likely N-dealkylation sites (N-methyl/N-ethyl adjacent to an activating group) is 1. The summed E-state index contributed by atoms with van der Waals surface area (Å²) in [4.78, 5) is 43.3. The van der Waals surface area contributed by atoms with E-state index in [1.54, 1.807) is 18.9 Å². The van der Waals surface area contributed by atoms with Crippen LogP contribution in [0.15, 0.2) is 59.1 Å². The van der Waals surface area contributed by atoms with E-state index in [4.69, 9.17) is 5.73 Å². The Labute approximate surface area is 260 Å². The number of allylic oxidation sites excluding steroid dienone is 1. The van der Waals surface area contributed by atoms with Gasteiger partial charge in [-0.15, -0.1) is 0 Å². The summed E-state index contributed by atoms with van der Waals surface area (Å²) < 4.78 is 16.2. The fraction of sp³-hybridized carbons (Fsp3) is 0.441. The standard InChI is InChI=1S/C34H38FN3O7/c1-3-37(2)28-22-14-19-13-21-25(29(40)24(19)31(42)34(22,45)32(43)26(30(28)41)33(36)44)23(39)15-20(27(21)35)16-38-11-9-18(10-12-38)17-7-5-4-6-8-17/h4-8,15,18-19,22,28,39,41-42,45H,3,9-14,16H2,1-2H3,(H2,36,44)/t19-,22-,28-,34-/m0/s1. The van der Waals surface area contributed by atoms with Gasteiger partial charge in [0.15, 0.2) is 11.4 Å². The number of nitrogens with two attached hydrogens (primary N) is 1. The maximum absolute atomic E-state index is 16.2. The Bertz CT molecular complexity index is 1650. The van der Waals surface area contributed by atoms with Gasteiger partial charge in [-0.05, 0) is 75.8 Å². The van der Waals surface area contributed by atoms with Gasteiger partial charge in [0.25, 0.3) is 5.91 Å². The molecule has 3 aliphatic carbocycles. The van der Waals surface area contributed by atoms with Crippen LogP contribution >= 0.6 is 0 Å². The molecule has 0 bridgehead atoms. The van der Waals surface area contributed by atoms with Crippen LogP contribution in [0, 0.1) is 17.7 Å². The molecule has 2 aromatic rings. The Hall–Kier alpha value is -4.06. The predicted molar refractivity (Wildman–Crippen MR) is 162 cm³/mol. The second kappa shape index (κ2) is 11.4. The molecule has 6 N–H and O–H groups in total. The van der Waals surface area contributed by atoms with E-state index in [-0.39, 0.29) is 41.6 Å². The summed E-state index contributed by atoms with van der Waals surface area (Å²) in [5, 5.41) is 45.3. The summed E-state index contributed by atoms with van der Waals surface area (Å²) >= 11 is 0. The lowest BCUT2D eigenvalue weighted by atomic mass is 9.58. The van der Waals surface area contributed by atoms with E-state index in [1.807, 2.05) is 18.2 Å². The van der Waals surface area contributed by atoms with Gasteiger partial charge in [-0.2, -0.15) is 0 Å². The average Bonchev–Trinajstić information content (AvgIpc) is 3.01. The summed E-state index contributed by atoms with van der Waals surface area (Å²) in [5.41, 5.74) is 2.73. The lowest BCUT2D eigenvalue weighted by Crippen LogP contribution is -2.64. The molecule has 0 spiro atoms. The van der Waals surface area contributed by atoms with Gasteiger partial charge >= 0.3 is 0 Å². The number of likely N-dealkylation sites (tertiary alicyclic amines) is 1. The van der Waals surface area contributed by atoms with Crippen molar-refractivity contribution in [3.63, 3.8) is 0 Å². The van der Waals surface area contributed by atoms with Crippen molar-refractivity contribution in [2.24, 2.45) is 17.6 Å². The maximum atomic E-state index is 16.2. The Morgan fingerprint density at radius 1 is 1.11 bits per heavy atom. The smallest absolute Gasteiger partial charge is 0.255 e. The van der Waals surface area contributed by atoms with Gasteiger partial charge in [0.2, 0.25) is 5.78 Å². The van der Waals surface area contributed by atoms with Crippen molar-refractivity contribution in [3.05, 3.63) is 87.1 Å². The van der Waals surface area contributed by atoms with E-state index in [9.17, 15) is 34.8 Å². The van der Waals surface area contributed by atoms with Crippen molar-refractivity contribution in [2.75, 3.05) is 26.7 Å². The van der Waals surface area contributed by atoms with Crippen LogP contribution in [-0.4, -0.2) is 86.0 Å². The minimum Gasteiger partial charge on any atom is -0.510 e. The number of phenols is 1. The number of hydrogen-bond donors (Lipinski definition) is 5. The molecule has 1 fully saturated rings. The third-order valence-corrected chi connectivity index (χ3v) is 10.4. The fourth-order valence-electron chi connectivity index (χ4n) is 7.97. The van der Waals surface area contributed by atoms with Crippen molar-refractivity contribution in [2.45, 2.75) is 56.7 Å². The van der Waals surface area contributed by atoms with Crippen molar-refractivity contribution in [3.8, 4) is 5.75 Å². The average molecular weight is 620 g/mol. The first-order valence-electron chi connectivity index (χ1n) is 15.4. The molecule has 238 valence electrons. The number of primary amides is 1. The second-order valence-electron chi connectivity index (χ2n) is 12.8. The van der Waals surface area contributed by atoms with E-state index in [0.717, 1.165) is 25.9 Å². The monoisotopic (exact) mass is 619 g/mol. The van der Waals surface area contributed by atoms with E-state index in [1.165, 1.54) is 11.6 Å². The molecule has 1 amide bonds. The zero-order chi connectivity index (χ0) is 32.4. The molecule has 4 atom stereocenters. The number of aromatic hydroxyl groups is 1. The van der Waals surface area contributed by atoms with Crippen LogP contribution in [-0.2, 0) is 22.6 Å². The SMILES string of the molecule is CCN(C)[C@@H]1C(O)=C(C(N)=O)C(=O)[C@@]2(O)C(O)=C3C(=O)c4c(O)cc(CN5CCC(c6ccccc6)CC5)c(F)c4C[C@H]3C[C@@H]12. The number of nitrogens with zero attached hydrogens (tertiary/aromatic N) is 2. The molecule has 2 aromatic carbocycles. The molecule has 4 aliphatic rings. The van der Waals surface area contributed by atoms with Gasteiger partial charge in [0, 0.05) is 29.2 Å². The summed E-state index contributed by atoms with van der Waals surface area (Å²) in [6.07, 6.45) is 1.65. The molecule has 0 radical (unpaired) electrons. The fourth-order valence-corrected chi connectivity index (χ4v) is 7.97. The number of carbonyl (C=O) groups excluding carboxylic acids is 3. The van der Waals surface area contributed by atoms with Crippen LogP contribution in [0.4, 0.5) is 4.39 Å². The van der Waals surface area contributed by atoms with Crippen LogP contribution in [0.5, 0.6) is 5.75 Å². The molecule has 0 saturated carbocycles. The molecule has 10 nitrogen and oxygen atoms in total. The summed E-state index contributed by atoms with van der Waals surface area (Å²) in [6.45, 7) is 3.82. The number of amides is 1. The van der Waals surface area contributed by atoms with E-state index in [2.05, 4.69) is 17.0 Å². The predicted octanol–water partition coefficient (Wildman–Crippen LogP) is 3.03. The largest absolute Gasteiger partial charge is 0.510 e. The molecule has 0 aromatic heterocycles. The lowest BCUT2D eigenvalue weighted by Gasteiger charge is -2.50. The Balaban J connectivity index is 1.33. The molecule has 45 heavy (non-hydrogen) atoms. The van der Waals surface area contributed by atoms with Gasteiger partial charge in [0.1, 0.15) is 28.7 Å². The van der Waals surface area contributed by atoms with Crippen molar-refractivity contribution in [1.82, 2.24) is 9.80 Å². The van der Waals surface area contributed by atoms with Crippen LogP contribution < -0.4 is 5.73 Å². The molecular formula is C34H38FN3O7. The lowest BCUT2D eigenvalue weighted by molar-refractivity contribution is -0.148. The zero-order valence-electron chi connectivity index (χ0n) is 25.3. The molecule has 1 aliphatic heterocycles. The Kier molecular flexibility index (Phi) is 7.83. The highest BCUT2D eigenvalue weighted by Gasteiger charge is 2.63. The first kappa shape index (κ1) is 30.9. The summed E-state index contributed by atoms with van der Waals surface area (Å²) in [5.74, 6) is -7.71. The quantitative estimate of drug-likeness (QED) is 0.306. The number of Topliss-reactive ketones (excluding diaryl/α,β-unsaturated/α-hetero) is 2. The van der Waals surface area contributed by atoms with Crippen LogP contribution in [0.2, 0.25) is 0 Å². The van der Waals surface area contributed by atoms with Crippen LogP contribution in [0.25, 0.3) is 0 Å². The van der Waals surface area contributed by atoms with E-state index < -0.39 is 69.6 Å². The van der Waals surface area contributed by atoms with E-state index >= 15 is 4.39 Å². The zero-order valence-corrected chi connectivity index (χ0v) is 25.3. The van der Waals surface area contributed by atoms with Crippen molar-refractivity contribution < 1.29 is 39.2 Å². The van der Waals surface area contributed by atoms with E-state index in [0.29, 0.717) is 12.5 Å². The van der Waals surface area contributed by atoms with Crippen molar-refractivity contribution >= 4 is 17.5 Å². The van der Waals surface area contributed by atoms with Crippen LogP contribution in [0.1, 0.15) is 59.2 Å². The highest BCUT2D eigenvalue weighted by atomic mass is 19.1. The number of aliphatic hydroxyl groups excluding tert-OH is 2. The number of fused-ring (bicyclic) bond motifs is 3. The molecule has 1 heterocycles. The van der Waals surface area contributed by atoms with Crippen molar-refractivity contribution in [1.29, 1.82) is 0 Å². The number of rotatable bonds is 6. The number of hydrogen-bond acceptors (Lipinski definition) is 9. The summed E-state index contributed by atoms with van der Waals surface area (Å²) in [7, 11) is 1.61. The third kappa shape index (κ3) is 4.76. The van der Waals surface area contributed by atoms with Gasteiger partial charge in [-0.25, -0.2) is 4.39 Å². The number of aliphatic hydroxyl groups is 3. The third-order valence-electron chi connectivity index (χ3n) is 10.4.